The van der Waals surface area contributed by atoms with E-state index in [4.69, 9.17) is 4.74 Å². The summed E-state index contributed by atoms with van der Waals surface area (Å²) in [6, 6.07) is 11.6. The molecule has 7 nitrogen and oxygen atoms in total. The van der Waals surface area contributed by atoms with Crippen LogP contribution < -0.4 is 5.32 Å². The van der Waals surface area contributed by atoms with Gasteiger partial charge in [0.1, 0.15) is 16.4 Å². The molecular weight excluding hydrogens is 504 g/mol. The minimum atomic E-state index is -3.84. The number of aromatic hydroxyl groups is 1. The predicted molar refractivity (Wildman–Crippen MR) is 142 cm³/mol. The van der Waals surface area contributed by atoms with Crippen LogP contribution in [0.5, 0.6) is 5.75 Å². The van der Waals surface area contributed by atoms with Crippen LogP contribution in [0.2, 0.25) is 0 Å². The number of nitrogens with one attached hydrogen (secondary N) is 1. The summed E-state index contributed by atoms with van der Waals surface area (Å²) in [6.45, 7) is 9.02. The third kappa shape index (κ3) is 6.45. The molecule has 0 saturated heterocycles. The van der Waals surface area contributed by atoms with E-state index in [0.717, 1.165) is 22.3 Å². The number of aliphatic imine (C=N–C) groups is 1. The molecule has 0 aliphatic heterocycles. The fraction of sp³-hybridized carbons (Fsp3) is 0.280. The van der Waals surface area contributed by atoms with E-state index in [1.165, 1.54) is 35.5 Å². The fourth-order valence-corrected chi connectivity index (χ4v) is 7.41. The molecule has 0 fully saturated rings. The minimum Gasteiger partial charge on any atom is -0.508 e. The van der Waals surface area contributed by atoms with Crippen LogP contribution in [0.25, 0.3) is 11.1 Å². The van der Waals surface area contributed by atoms with E-state index in [1.54, 1.807) is 57.4 Å². The summed E-state index contributed by atoms with van der Waals surface area (Å²) in [4.78, 5) is 16.3. The molecule has 186 valence electrons. The zero-order valence-electron chi connectivity index (χ0n) is 20.4. The van der Waals surface area contributed by atoms with E-state index in [-0.39, 0.29) is 15.5 Å². The van der Waals surface area contributed by atoms with Crippen molar-refractivity contribution in [2.24, 2.45) is 4.99 Å². The van der Waals surface area contributed by atoms with Crippen molar-refractivity contribution in [1.82, 2.24) is 5.32 Å². The van der Waals surface area contributed by atoms with E-state index >= 15 is 0 Å². The second-order valence-electron chi connectivity index (χ2n) is 8.83. The first-order chi connectivity index (χ1) is 16.3. The van der Waals surface area contributed by atoms with E-state index in [2.05, 4.69) is 10.3 Å². The number of rotatable bonds is 6. The second kappa shape index (κ2) is 10.4. The first-order valence-electron chi connectivity index (χ1n) is 10.7. The fourth-order valence-electron chi connectivity index (χ4n) is 3.54. The van der Waals surface area contributed by atoms with Crippen LogP contribution in [-0.4, -0.2) is 37.8 Å². The van der Waals surface area contributed by atoms with Gasteiger partial charge in [0.25, 0.3) is 0 Å². The molecule has 0 radical (unpaired) electrons. The maximum absolute atomic E-state index is 13.6. The number of aryl methyl sites for hydroxylation is 2. The van der Waals surface area contributed by atoms with Gasteiger partial charge in [-0.05, 0) is 93.5 Å². The van der Waals surface area contributed by atoms with E-state index < -0.39 is 21.5 Å². The van der Waals surface area contributed by atoms with Crippen molar-refractivity contribution >= 4 is 50.4 Å². The molecular formula is C25H28N2O5S3. The molecule has 2 aromatic carbocycles. The highest BCUT2D eigenvalue weighted by molar-refractivity contribution is 8.01. The number of phenolic OH excluding ortho intramolecular Hbond substituents is 1. The number of thiophene rings is 1. The molecule has 3 aromatic rings. The lowest BCUT2D eigenvalue weighted by molar-refractivity contribution is 0.0565. The largest absolute Gasteiger partial charge is 0.508 e. The number of ether oxygens (including phenoxy) is 1. The maximum atomic E-state index is 13.6. The Bertz CT molecular complexity index is 1360. The Balaban J connectivity index is 1.93. The zero-order valence-corrected chi connectivity index (χ0v) is 22.8. The number of sulfone groups is 1. The number of carbonyl (C=O) groups excluding carboxylic acids is 1. The number of alkyl carbamates (subject to hydrolysis) is 1. The Hall–Kier alpha value is -2.82. The number of benzene rings is 2. The molecule has 0 bridgehead atoms. The topological polar surface area (TPSA) is 105 Å². The molecule has 1 heterocycles. The minimum absolute atomic E-state index is 0.163. The van der Waals surface area contributed by atoms with Gasteiger partial charge in [-0.15, -0.1) is 23.1 Å². The van der Waals surface area contributed by atoms with E-state index in [1.807, 2.05) is 19.9 Å². The Morgan fingerprint density at radius 1 is 1.14 bits per heavy atom. The standard InChI is InChI=1S/C25H28N2O5S3/c1-15-10-18(28)11-16(2)22(15)17-8-7-9-19(12-17)35(30,31)20-13-21(34-23(20)33-6)26-14-27-24(29)32-25(3,4)5/h7-14,28H,1-6H3,(H,26,27,29). The van der Waals surface area contributed by atoms with Gasteiger partial charge in [-0.1, -0.05) is 12.1 Å². The van der Waals surface area contributed by atoms with Crippen LogP contribution in [0.3, 0.4) is 0 Å². The van der Waals surface area contributed by atoms with Crippen LogP contribution in [0, 0.1) is 13.8 Å². The highest BCUT2D eigenvalue weighted by Gasteiger charge is 2.25. The Morgan fingerprint density at radius 2 is 1.80 bits per heavy atom. The third-order valence-corrected chi connectivity index (χ3v) is 9.06. The Morgan fingerprint density at radius 3 is 2.40 bits per heavy atom. The quantitative estimate of drug-likeness (QED) is 0.214. The molecule has 35 heavy (non-hydrogen) atoms. The normalized spacial score (nSPS) is 12.2. The number of hydrogen-bond donors (Lipinski definition) is 2. The first-order valence-corrected chi connectivity index (χ1v) is 14.2. The predicted octanol–water partition coefficient (Wildman–Crippen LogP) is 6.48. The average Bonchev–Trinajstić information content (AvgIpc) is 3.16. The van der Waals surface area contributed by atoms with Gasteiger partial charge in [-0.3, -0.25) is 5.32 Å². The highest BCUT2D eigenvalue weighted by Crippen LogP contribution is 2.41. The number of nitrogens with zero attached hydrogens (tertiary/aromatic N) is 1. The van der Waals surface area contributed by atoms with Crippen LogP contribution in [-0.2, 0) is 14.6 Å². The van der Waals surface area contributed by atoms with Gasteiger partial charge in [0.05, 0.1) is 20.3 Å². The van der Waals surface area contributed by atoms with Crippen molar-refractivity contribution < 1.29 is 23.1 Å². The van der Waals surface area contributed by atoms with E-state index in [0.29, 0.717) is 9.21 Å². The van der Waals surface area contributed by atoms with Gasteiger partial charge in [0.15, 0.2) is 0 Å². The summed E-state index contributed by atoms with van der Waals surface area (Å²) in [5.41, 5.74) is 2.70. The molecule has 0 unspecified atom stereocenters. The lowest BCUT2D eigenvalue weighted by Crippen LogP contribution is -2.31. The Kier molecular flexibility index (Phi) is 7.98. The molecule has 0 saturated carbocycles. The molecule has 1 amide bonds. The van der Waals surface area contributed by atoms with Gasteiger partial charge in [-0.25, -0.2) is 18.2 Å². The summed E-state index contributed by atoms with van der Waals surface area (Å²) < 4.78 is 32.9. The summed E-state index contributed by atoms with van der Waals surface area (Å²) in [7, 11) is -3.84. The zero-order chi connectivity index (χ0) is 26.0. The molecule has 2 N–H and O–H groups in total. The highest BCUT2D eigenvalue weighted by atomic mass is 32.2. The lowest BCUT2D eigenvalue weighted by Gasteiger charge is -2.18. The summed E-state index contributed by atoms with van der Waals surface area (Å²) in [5, 5.41) is 12.7. The number of thioether (sulfide) groups is 1. The van der Waals surface area contributed by atoms with Crippen molar-refractivity contribution in [2.45, 2.75) is 54.2 Å². The monoisotopic (exact) mass is 532 g/mol. The van der Waals surface area contributed by atoms with Gasteiger partial charge in [0.2, 0.25) is 9.84 Å². The average molecular weight is 533 g/mol. The summed E-state index contributed by atoms with van der Waals surface area (Å²) in [5.74, 6) is 0.171. The van der Waals surface area contributed by atoms with Crippen molar-refractivity contribution in [2.75, 3.05) is 6.26 Å². The van der Waals surface area contributed by atoms with Crippen molar-refractivity contribution in [3.8, 4) is 16.9 Å². The van der Waals surface area contributed by atoms with Gasteiger partial charge in [0, 0.05) is 0 Å². The smallest absolute Gasteiger partial charge is 0.412 e. The van der Waals surface area contributed by atoms with Gasteiger partial charge in [-0.2, -0.15) is 0 Å². The molecule has 3 rings (SSSR count). The summed E-state index contributed by atoms with van der Waals surface area (Å²) in [6.07, 6.45) is 2.35. The number of carbonyl (C=O) groups is 1. The van der Waals surface area contributed by atoms with Crippen molar-refractivity contribution in [3.63, 3.8) is 0 Å². The lowest BCUT2D eigenvalue weighted by atomic mass is 9.95. The van der Waals surface area contributed by atoms with Crippen LogP contribution in [0.15, 0.2) is 61.5 Å². The SMILES string of the molecule is CSc1sc(N=CNC(=O)OC(C)(C)C)cc1S(=O)(=O)c1cccc(-c2c(C)cc(O)cc2C)c1. The first kappa shape index (κ1) is 26.8. The van der Waals surface area contributed by atoms with Crippen molar-refractivity contribution in [1.29, 1.82) is 0 Å². The van der Waals surface area contributed by atoms with Crippen LogP contribution in [0.4, 0.5) is 9.80 Å². The van der Waals surface area contributed by atoms with Crippen LogP contribution >= 0.6 is 23.1 Å². The molecule has 0 aliphatic rings. The Labute approximate surface area is 214 Å². The van der Waals surface area contributed by atoms with Gasteiger partial charge < -0.3 is 9.84 Å². The molecule has 1 aromatic heterocycles. The van der Waals surface area contributed by atoms with Crippen molar-refractivity contribution in [3.05, 3.63) is 53.6 Å². The molecule has 0 spiro atoms. The number of hydrogen-bond acceptors (Lipinski definition) is 8. The second-order valence-corrected chi connectivity index (χ2v) is 12.9. The molecule has 0 aliphatic carbocycles. The van der Waals surface area contributed by atoms with Crippen LogP contribution in [0.1, 0.15) is 31.9 Å². The number of amides is 1. The summed E-state index contributed by atoms with van der Waals surface area (Å²) >= 11 is 2.54. The number of phenols is 1. The maximum Gasteiger partial charge on any atom is 0.412 e. The molecule has 10 heteroatoms. The van der Waals surface area contributed by atoms with Gasteiger partial charge >= 0.3 is 6.09 Å². The third-order valence-electron chi connectivity index (χ3n) is 4.85. The molecule has 0 atom stereocenters. The van der Waals surface area contributed by atoms with E-state index in [9.17, 15) is 18.3 Å².